The van der Waals surface area contributed by atoms with Crippen LogP contribution >= 0.6 is 39.1 Å². The Balaban J connectivity index is 1.58. The number of rotatable bonds is 8. The van der Waals surface area contributed by atoms with Crippen molar-refractivity contribution in [2.24, 2.45) is 0 Å². The molecule has 1 unspecified atom stereocenters. The third-order valence-corrected chi connectivity index (χ3v) is 6.52. The minimum Gasteiger partial charge on any atom is -0.337 e. The molecular formula is C22H26BrCl2N3O. The fraction of sp³-hybridized carbons (Fsp3) is 0.409. The molecule has 0 radical (unpaired) electrons. The summed E-state index contributed by atoms with van der Waals surface area (Å²) in [4.78, 5) is 12.4. The molecule has 0 heterocycles. The number of anilines is 1. The Morgan fingerprint density at radius 2 is 1.90 bits per heavy atom. The molecular weight excluding hydrogens is 473 g/mol. The summed E-state index contributed by atoms with van der Waals surface area (Å²) in [5.74, 6) is 0.145. The maximum Gasteiger partial charge on any atom is 0.319 e. The maximum atomic E-state index is 12.4. The van der Waals surface area contributed by atoms with Gasteiger partial charge in [-0.3, -0.25) is 0 Å². The van der Waals surface area contributed by atoms with Gasteiger partial charge >= 0.3 is 6.03 Å². The zero-order valence-corrected chi connectivity index (χ0v) is 19.3. The van der Waals surface area contributed by atoms with Crippen LogP contribution in [0.1, 0.15) is 43.6 Å². The van der Waals surface area contributed by atoms with Crippen LogP contribution in [0, 0.1) is 0 Å². The lowest BCUT2D eigenvalue weighted by molar-refractivity contribution is 0.251. The van der Waals surface area contributed by atoms with Crippen LogP contribution in [0.15, 0.2) is 46.9 Å². The summed E-state index contributed by atoms with van der Waals surface area (Å²) in [5.41, 5.74) is 1.82. The van der Waals surface area contributed by atoms with E-state index in [2.05, 4.69) is 31.9 Å². The number of urea groups is 1. The van der Waals surface area contributed by atoms with Gasteiger partial charge in [-0.25, -0.2) is 4.79 Å². The highest BCUT2D eigenvalue weighted by molar-refractivity contribution is 9.10. The molecule has 1 saturated carbocycles. The Morgan fingerprint density at radius 1 is 1.10 bits per heavy atom. The molecule has 1 aliphatic carbocycles. The topological polar surface area (TPSA) is 53.2 Å². The molecule has 3 rings (SSSR count). The zero-order valence-electron chi connectivity index (χ0n) is 16.2. The van der Waals surface area contributed by atoms with Gasteiger partial charge in [0.25, 0.3) is 0 Å². The van der Waals surface area contributed by atoms with E-state index < -0.39 is 0 Å². The second kappa shape index (κ2) is 11.2. The molecule has 0 bridgehead atoms. The van der Waals surface area contributed by atoms with E-state index in [-0.39, 0.29) is 11.9 Å². The van der Waals surface area contributed by atoms with Crippen LogP contribution < -0.4 is 16.0 Å². The van der Waals surface area contributed by atoms with Gasteiger partial charge in [0.15, 0.2) is 0 Å². The molecule has 0 saturated heterocycles. The summed E-state index contributed by atoms with van der Waals surface area (Å²) in [7, 11) is 0. The fourth-order valence-corrected chi connectivity index (χ4v) is 4.41. The van der Waals surface area contributed by atoms with Crippen LogP contribution in [0.3, 0.4) is 0 Å². The Bertz CT molecular complexity index is 827. The number of nitrogens with one attached hydrogen (secondary N) is 3. The molecule has 2 aromatic carbocycles. The molecule has 29 heavy (non-hydrogen) atoms. The first kappa shape index (κ1) is 22.4. The molecule has 7 heteroatoms. The zero-order chi connectivity index (χ0) is 20.6. The average molecular weight is 499 g/mol. The molecule has 0 aliphatic heterocycles. The quantitative estimate of drug-likeness (QED) is 0.384. The third-order valence-electron chi connectivity index (χ3n) is 5.29. The maximum absolute atomic E-state index is 12.4. The Morgan fingerprint density at radius 3 is 2.62 bits per heavy atom. The van der Waals surface area contributed by atoms with Gasteiger partial charge in [-0.05, 0) is 61.7 Å². The van der Waals surface area contributed by atoms with Gasteiger partial charge < -0.3 is 16.0 Å². The largest absolute Gasteiger partial charge is 0.337 e. The van der Waals surface area contributed by atoms with Crippen molar-refractivity contribution in [1.29, 1.82) is 0 Å². The molecule has 156 valence electrons. The van der Waals surface area contributed by atoms with E-state index in [1.165, 1.54) is 25.7 Å². The lowest BCUT2D eigenvalue weighted by Gasteiger charge is -2.21. The average Bonchev–Trinajstić information content (AvgIpc) is 3.20. The summed E-state index contributed by atoms with van der Waals surface area (Å²) in [6, 6.07) is 13.6. The predicted molar refractivity (Wildman–Crippen MR) is 125 cm³/mol. The van der Waals surface area contributed by atoms with E-state index >= 15 is 0 Å². The van der Waals surface area contributed by atoms with Gasteiger partial charge in [-0.1, -0.05) is 64.1 Å². The lowest BCUT2D eigenvalue weighted by Crippen LogP contribution is -2.34. The van der Waals surface area contributed by atoms with Gasteiger partial charge in [0.1, 0.15) is 0 Å². The Labute approximate surface area is 190 Å². The summed E-state index contributed by atoms with van der Waals surface area (Å²) in [5, 5.41) is 10.6. The van der Waals surface area contributed by atoms with E-state index in [0.29, 0.717) is 22.6 Å². The van der Waals surface area contributed by atoms with Crippen LogP contribution in [0.25, 0.3) is 0 Å². The monoisotopic (exact) mass is 497 g/mol. The van der Waals surface area contributed by atoms with Crippen molar-refractivity contribution < 1.29 is 4.79 Å². The van der Waals surface area contributed by atoms with Gasteiger partial charge in [-0.15, -0.1) is 0 Å². The second-order valence-corrected chi connectivity index (χ2v) is 9.17. The van der Waals surface area contributed by atoms with E-state index in [9.17, 15) is 4.79 Å². The fourth-order valence-electron chi connectivity index (χ4n) is 3.70. The summed E-state index contributed by atoms with van der Waals surface area (Å²) in [6.07, 6.45) is 6.04. The number of hydrogen-bond donors (Lipinski definition) is 3. The molecule has 2 aromatic rings. The minimum absolute atomic E-state index is 0.145. The van der Waals surface area contributed by atoms with E-state index in [4.69, 9.17) is 23.2 Å². The molecule has 0 spiro atoms. The lowest BCUT2D eigenvalue weighted by atomic mass is 9.95. The molecule has 3 N–H and O–H groups in total. The summed E-state index contributed by atoms with van der Waals surface area (Å²) in [6.45, 7) is 1.43. The number of halogens is 3. The molecule has 1 aliphatic rings. The van der Waals surface area contributed by atoms with Crippen LogP contribution in [0.4, 0.5) is 10.5 Å². The van der Waals surface area contributed by atoms with Gasteiger partial charge in [0.2, 0.25) is 0 Å². The van der Waals surface area contributed by atoms with Crippen molar-refractivity contribution in [2.45, 2.75) is 44.1 Å². The van der Waals surface area contributed by atoms with Crippen LogP contribution in [0.2, 0.25) is 10.0 Å². The highest BCUT2D eigenvalue weighted by Gasteiger charge is 2.17. The molecule has 1 fully saturated rings. The highest BCUT2D eigenvalue weighted by atomic mass is 79.9. The van der Waals surface area contributed by atoms with Crippen molar-refractivity contribution >= 4 is 50.9 Å². The summed E-state index contributed by atoms with van der Waals surface area (Å²) >= 11 is 15.7. The molecule has 4 nitrogen and oxygen atoms in total. The molecule has 2 amide bonds. The van der Waals surface area contributed by atoms with Crippen LogP contribution in [-0.2, 0) is 0 Å². The number of benzene rings is 2. The molecule has 0 aromatic heterocycles. The Hall–Kier alpha value is -1.27. The first-order valence-corrected chi connectivity index (χ1v) is 11.5. The van der Waals surface area contributed by atoms with Crippen molar-refractivity contribution in [1.82, 2.24) is 10.6 Å². The van der Waals surface area contributed by atoms with E-state index in [0.717, 1.165) is 28.7 Å². The third kappa shape index (κ3) is 7.18. The van der Waals surface area contributed by atoms with Crippen LogP contribution in [0.5, 0.6) is 0 Å². The molecule has 1 atom stereocenters. The van der Waals surface area contributed by atoms with Crippen molar-refractivity contribution in [3.63, 3.8) is 0 Å². The number of carbonyl (C=O) groups excluding carboxylic acids is 1. The SMILES string of the molecule is O=C(NCC(CCNC1CCCC1)c1ccc(Cl)c(Cl)c1)Nc1cccc(Br)c1. The van der Waals surface area contributed by atoms with Gasteiger partial charge in [0, 0.05) is 28.7 Å². The predicted octanol–water partition coefficient (Wildman–Crippen LogP) is 6.58. The van der Waals surface area contributed by atoms with Gasteiger partial charge in [-0.2, -0.15) is 0 Å². The first-order chi connectivity index (χ1) is 14.0. The standard InChI is InChI=1S/C22H26BrCl2N3O/c23-17-4-3-7-19(13-17)28-22(29)27-14-16(10-11-26-18-5-1-2-6-18)15-8-9-20(24)21(25)12-15/h3-4,7-9,12-13,16,18,26H,1-2,5-6,10-11,14H2,(H2,27,28,29). The second-order valence-electron chi connectivity index (χ2n) is 7.44. The number of carbonyl (C=O) groups is 1. The van der Waals surface area contributed by atoms with Crippen LogP contribution in [-0.4, -0.2) is 25.2 Å². The summed E-state index contributed by atoms with van der Waals surface area (Å²) < 4.78 is 0.918. The normalized spacial score (nSPS) is 15.3. The first-order valence-electron chi connectivity index (χ1n) is 10.00. The number of hydrogen-bond acceptors (Lipinski definition) is 2. The smallest absolute Gasteiger partial charge is 0.319 e. The van der Waals surface area contributed by atoms with Gasteiger partial charge in [0.05, 0.1) is 10.0 Å². The number of amides is 2. The van der Waals surface area contributed by atoms with Crippen molar-refractivity contribution in [2.75, 3.05) is 18.4 Å². The van der Waals surface area contributed by atoms with Crippen molar-refractivity contribution in [3.05, 3.63) is 62.5 Å². The van der Waals surface area contributed by atoms with Crippen molar-refractivity contribution in [3.8, 4) is 0 Å². The minimum atomic E-state index is -0.225. The van der Waals surface area contributed by atoms with E-state index in [1.54, 1.807) is 0 Å². The van der Waals surface area contributed by atoms with E-state index in [1.807, 2.05) is 42.5 Å². The Kier molecular flexibility index (Phi) is 8.67. The highest BCUT2D eigenvalue weighted by Crippen LogP contribution is 2.28.